The number of nitrogens with one attached hydrogen (secondary N) is 1. The topological polar surface area (TPSA) is 33.0 Å². The SMILES string of the molecule is CC(C)C(=O)NCC[n+]1cccc(C(C)C)c1. The Hall–Kier alpha value is -1.38. The van der Waals surface area contributed by atoms with E-state index in [1.165, 1.54) is 5.56 Å². The number of hydrogen-bond donors (Lipinski definition) is 1. The van der Waals surface area contributed by atoms with Crippen molar-refractivity contribution < 1.29 is 9.36 Å². The first-order chi connectivity index (χ1) is 8.00. The number of carbonyl (C=O) groups excluding carboxylic acids is 1. The average molecular weight is 235 g/mol. The number of amides is 1. The smallest absolute Gasteiger partial charge is 0.222 e. The Morgan fingerprint density at radius 1 is 1.35 bits per heavy atom. The second-order valence-electron chi connectivity index (χ2n) is 4.98. The van der Waals surface area contributed by atoms with Gasteiger partial charge in [0.2, 0.25) is 5.91 Å². The first kappa shape index (κ1) is 13.7. The molecule has 0 bridgehead atoms. The number of pyridine rings is 1. The fourth-order valence-corrected chi connectivity index (χ4v) is 1.54. The summed E-state index contributed by atoms with van der Waals surface area (Å²) in [5.41, 5.74) is 1.32. The predicted octanol–water partition coefficient (Wildman–Crippen LogP) is 1.87. The van der Waals surface area contributed by atoms with Gasteiger partial charge in [-0.25, -0.2) is 4.57 Å². The van der Waals surface area contributed by atoms with Crippen LogP contribution in [0.2, 0.25) is 0 Å². The molecular formula is C14H23N2O+. The average Bonchev–Trinajstić information content (AvgIpc) is 2.29. The van der Waals surface area contributed by atoms with Crippen LogP contribution in [0.5, 0.6) is 0 Å². The van der Waals surface area contributed by atoms with Gasteiger partial charge < -0.3 is 5.32 Å². The Morgan fingerprint density at radius 2 is 2.06 bits per heavy atom. The van der Waals surface area contributed by atoms with E-state index >= 15 is 0 Å². The summed E-state index contributed by atoms with van der Waals surface area (Å²) in [6.45, 7) is 9.67. The molecule has 0 aliphatic rings. The predicted molar refractivity (Wildman–Crippen MR) is 68.6 cm³/mol. The molecule has 1 aromatic heterocycles. The van der Waals surface area contributed by atoms with Crippen LogP contribution in [0.25, 0.3) is 0 Å². The number of rotatable bonds is 5. The molecule has 17 heavy (non-hydrogen) atoms. The van der Waals surface area contributed by atoms with Crippen molar-refractivity contribution in [3.63, 3.8) is 0 Å². The van der Waals surface area contributed by atoms with Crippen LogP contribution in [0.1, 0.15) is 39.2 Å². The van der Waals surface area contributed by atoms with Gasteiger partial charge in [-0.2, -0.15) is 0 Å². The summed E-state index contributed by atoms with van der Waals surface area (Å²) in [5, 5.41) is 2.92. The van der Waals surface area contributed by atoms with E-state index in [-0.39, 0.29) is 11.8 Å². The Morgan fingerprint density at radius 3 is 2.65 bits per heavy atom. The molecule has 0 saturated carbocycles. The van der Waals surface area contributed by atoms with E-state index in [1.807, 2.05) is 20.0 Å². The standard InChI is InChI=1S/C14H22N2O/c1-11(2)13-6-5-8-16(10-13)9-7-15-14(17)12(3)4/h5-6,8,10-12H,7,9H2,1-4H3/p+1. The highest BCUT2D eigenvalue weighted by Crippen LogP contribution is 2.10. The Balaban J connectivity index is 2.47. The molecule has 0 aliphatic heterocycles. The fourth-order valence-electron chi connectivity index (χ4n) is 1.54. The molecule has 1 N–H and O–H groups in total. The molecule has 0 saturated heterocycles. The number of nitrogens with zero attached hydrogens (tertiary/aromatic N) is 1. The van der Waals surface area contributed by atoms with E-state index in [2.05, 4.69) is 42.1 Å². The summed E-state index contributed by atoms with van der Waals surface area (Å²) >= 11 is 0. The van der Waals surface area contributed by atoms with Gasteiger partial charge in [-0.15, -0.1) is 0 Å². The quantitative estimate of drug-likeness (QED) is 0.777. The molecule has 3 nitrogen and oxygen atoms in total. The minimum absolute atomic E-state index is 0.0574. The third-order valence-corrected chi connectivity index (χ3v) is 2.74. The minimum Gasteiger partial charge on any atom is -0.350 e. The maximum atomic E-state index is 11.4. The van der Waals surface area contributed by atoms with Crippen molar-refractivity contribution in [1.29, 1.82) is 0 Å². The van der Waals surface area contributed by atoms with Gasteiger partial charge in [0.25, 0.3) is 0 Å². The highest BCUT2D eigenvalue weighted by Gasteiger charge is 2.08. The van der Waals surface area contributed by atoms with E-state index in [0.29, 0.717) is 12.5 Å². The number of aromatic nitrogens is 1. The van der Waals surface area contributed by atoms with Crippen LogP contribution >= 0.6 is 0 Å². The lowest BCUT2D eigenvalue weighted by Crippen LogP contribution is -2.41. The van der Waals surface area contributed by atoms with Crippen LogP contribution < -0.4 is 9.88 Å². The normalized spacial score (nSPS) is 10.9. The highest BCUT2D eigenvalue weighted by molar-refractivity contribution is 5.77. The van der Waals surface area contributed by atoms with Crippen LogP contribution in [0, 0.1) is 5.92 Å². The van der Waals surface area contributed by atoms with Crippen molar-refractivity contribution >= 4 is 5.91 Å². The number of carbonyl (C=O) groups is 1. The molecule has 1 amide bonds. The third-order valence-electron chi connectivity index (χ3n) is 2.74. The molecule has 1 aromatic rings. The van der Waals surface area contributed by atoms with E-state index in [1.54, 1.807) is 0 Å². The summed E-state index contributed by atoms with van der Waals surface area (Å²) in [4.78, 5) is 11.4. The molecule has 0 aromatic carbocycles. The molecule has 0 atom stereocenters. The third kappa shape index (κ3) is 4.55. The highest BCUT2D eigenvalue weighted by atomic mass is 16.1. The first-order valence-corrected chi connectivity index (χ1v) is 6.27. The summed E-state index contributed by atoms with van der Waals surface area (Å²) in [5.74, 6) is 0.709. The molecule has 94 valence electrons. The summed E-state index contributed by atoms with van der Waals surface area (Å²) in [6.07, 6.45) is 4.18. The van der Waals surface area contributed by atoms with Crippen LogP contribution in [0.3, 0.4) is 0 Å². The molecule has 0 unspecified atom stereocenters. The summed E-state index contributed by atoms with van der Waals surface area (Å²) < 4.78 is 2.12. The van der Waals surface area contributed by atoms with Crippen LogP contribution in [0.15, 0.2) is 24.5 Å². The molecular weight excluding hydrogens is 212 g/mol. The van der Waals surface area contributed by atoms with Crippen molar-refractivity contribution in [3.8, 4) is 0 Å². The van der Waals surface area contributed by atoms with Gasteiger partial charge in [-0.3, -0.25) is 4.79 Å². The molecule has 3 heteroatoms. The number of hydrogen-bond acceptors (Lipinski definition) is 1. The Bertz CT molecular complexity index is 372. The molecule has 0 radical (unpaired) electrons. The molecule has 1 rings (SSSR count). The van der Waals surface area contributed by atoms with Crippen LogP contribution in [-0.2, 0) is 11.3 Å². The zero-order valence-electron chi connectivity index (χ0n) is 11.2. The van der Waals surface area contributed by atoms with E-state index in [0.717, 1.165) is 6.54 Å². The van der Waals surface area contributed by atoms with Gasteiger partial charge in [0, 0.05) is 17.5 Å². The van der Waals surface area contributed by atoms with Gasteiger partial charge in [-0.05, 0) is 12.0 Å². The van der Waals surface area contributed by atoms with Gasteiger partial charge in [0.05, 0.1) is 6.54 Å². The zero-order chi connectivity index (χ0) is 12.8. The lowest BCUT2D eigenvalue weighted by atomic mass is 10.1. The largest absolute Gasteiger partial charge is 0.350 e. The molecule has 0 spiro atoms. The maximum absolute atomic E-state index is 11.4. The van der Waals surface area contributed by atoms with Crippen LogP contribution in [-0.4, -0.2) is 12.5 Å². The van der Waals surface area contributed by atoms with Crippen molar-refractivity contribution in [1.82, 2.24) is 5.32 Å². The van der Waals surface area contributed by atoms with Gasteiger partial charge in [0.15, 0.2) is 18.9 Å². The second-order valence-corrected chi connectivity index (χ2v) is 4.98. The van der Waals surface area contributed by atoms with Crippen molar-refractivity contribution in [3.05, 3.63) is 30.1 Å². The van der Waals surface area contributed by atoms with Crippen LogP contribution in [0.4, 0.5) is 0 Å². The molecule has 0 fully saturated rings. The fraction of sp³-hybridized carbons (Fsp3) is 0.571. The monoisotopic (exact) mass is 235 g/mol. The summed E-state index contributed by atoms with van der Waals surface area (Å²) in [6, 6.07) is 4.19. The minimum atomic E-state index is 0.0574. The van der Waals surface area contributed by atoms with Crippen molar-refractivity contribution in [2.24, 2.45) is 5.92 Å². The van der Waals surface area contributed by atoms with E-state index in [4.69, 9.17) is 0 Å². The van der Waals surface area contributed by atoms with Crippen molar-refractivity contribution in [2.45, 2.75) is 40.2 Å². The summed E-state index contributed by atoms with van der Waals surface area (Å²) in [7, 11) is 0. The van der Waals surface area contributed by atoms with Gasteiger partial charge >= 0.3 is 0 Å². The van der Waals surface area contributed by atoms with E-state index < -0.39 is 0 Å². The first-order valence-electron chi connectivity index (χ1n) is 6.27. The van der Waals surface area contributed by atoms with Crippen molar-refractivity contribution in [2.75, 3.05) is 6.54 Å². The van der Waals surface area contributed by atoms with Gasteiger partial charge in [-0.1, -0.05) is 27.7 Å². The molecule has 1 heterocycles. The second kappa shape index (κ2) is 6.38. The van der Waals surface area contributed by atoms with Gasteiger partial charge in [0.1, 0.15) is 0 Å². The maximum Gasteiger partial charge on any atom is 0.222 e. The Labute approximate surface area is 104 Å². The Kier molecular flexibility index (Phi) is 5.13. The zero-order valence-corrected chi connectivity index (χ0v) is 11.2. The van der Waals surface area contributed by atoms with E-state index in [9.17, 15) is 4.79 Å². The molecule has 0 aliphatic carbocycles. The lowest BCUT2D eigenvalue weighted by Gasteiger charge is -2.06. The lowest BCUT2D eigenvalue weighted by molar-refractivity contribution is -0.695.